The minimum Gasteiger partial charge on any atom is -0.340 e. The second-order valence-electron chi connectivity index (χ2n) is 8.43. The highest BCUT2D eigenvalue weighted by atomic mass is 16.2. The molecule has 2 aromatic heterocycles. The second kappa shape index (κ2) is 9.06. The number of fused-ring (bicyclic) bond motifs is 1. The number of likely N-dealkylation sites (tertiary alicyclic amines) is 1. The standard InChI is InChI=1S/C22H25N7O.C2H6/c1-14-4-5-20(29-23-6-7-24-29)19(8-14)21(30)27-10-17-12-28(13-18(17)11-27)22-25-15(2)9-16(3)26-22;1-2/h4-9,17-18H,10-13H2,1-3H3;1-2H3. The van der Waals surface area contributed by atoms with Crippen LogP contribution in [0.2, 0.25) is 0 Å². The molecule has 1 aromatic carbocycles. The van der Waals surface area contributed by atoms with Gasteiger partial charge in [0.2, 0.25) is 5.95 Å². The average molecular weight is 434 g/mol. The van der Waals surface area contributed by atoms with Crippen LogP contribution in [-0.2, 0) is 0 Å². The Morgan fingerprint density at radius 3 is 2.06 bits per heavy atom. The van der Waals surface area contributed by atoms with Crippen molar-refractivity contribution in [2.75, 3.05) is 31.1 Å². The van der Waals surface area contributed by atoms with Crippen LogP contribution >= 0.6 is 0 Å². The van der Waals surface area contributed by atoms with Crippen LogP contribution in [-0.4, -0.2) is 61.9 Å². The maximum atomic E-state index is 13.4. The molecule has 0 radical (unpaired) electrons. The van der Waals surface area contributed by atoms with Crippen LogP contribution in [0.1, 0.15) is 41.2 Å². The molecule has 2 atom stereocenters. The van der Waals surface area contributed by atoms with Crippen molar-refractivity contribution in [1.29, 1.82) is 0 Å². The van der Waals surface area contributed by atoms with Gasteiger partial charge in [0.05, 0.1) is 23.6 Å². The molecule has 168 valence electrons. The zero-order valence-electron chi connectivity index (χ0n) is 19.5. The zero-order valence-corrected chi connectivity index (χ0v) is 19.5. The van der Waals surface area contributed by atoms with Crippen LogP contribution in [0.15, 0.2) is 36.7 Å². The number of anilines is 1. The summed E-state index contributed by atoms with van der Waals surface area (Å²) in [5.74, 6) is 1.74. The SMILES string of the molecule is CC.Cc1ccc(-n2nccn2)c(C(=O)N2CC3CN(c4nc(C)cc(C)n4)CC3C2)c1. The Kier molecular flexibility index (Phi) is 6.21. The maximum Gasteiger partial charge on any atom is 0.256 e. The van der Waals surface area contributed by atoms with Crippen LogP contribution in [0.5, 0.6) is 0 Å². The van der Waals surface area contributed by atoms with Crippen molar-refractivity contribution < 1.29 is 4.79 Å². The quantitative estimate of drug-likeness (QED) is 0.631. The monoisotopic (exact) mass is 433 g/mol. The number of carbonyl (C=O) groups is 1. The number of rotatable bonds is 3. The molecule has 32 heavy (non-hydrogen) atoms. The predicted molar refractivity (Wildman–Crippen MR) is 124 cm³/mol. The summed E-state index contributed by atoms with van der Waals surface area (Å²) >= 11 is 0. The van der Waals surface area contributed by atoms with E-state index in [2.05, 4.69) is 25.1 Å². The third-order valence-corrected chi connectivity index (χ3v) is 6.04. The molecule has 8 nitrogen and oxygen atoms in total. The van der Waals surface area contributed by atoms with Gasteiger partial charge in [0.25, 0.3) is 5.91 Å². The van der Waals surface area contributed by atoms with Crippen molar-refractivity contribution in [2.45, 2.75) is 34.6 Å². The molecule has 2 saturated heterocycles. The van der Waals surface area contributed by atoms with E-state index in [0.29, 0.717) is 17.4 Å². The molecule has 8 heteroatoms. The van der Waals surface area contributed by atoms with Gasteiger partial charge in [-0.15, -0.1) is 0 Å². The number of aryl methyl sites for hydroxylation is 3. The fourth-order valence-electron chi connectivity index (χ4n) is 4.68. The van der Waals surface area contributed by atoms with Crippen molar-refractivity contribution in [3.8, 4) is 5.69 Å². The van der Waals surface area contributed by atoms with Gasteiger partial charge in [-0.25, -0.2) is 9.97 Å². The van der Waals surface area contributed by atoms with E-state index in [1.165, 1.54) is 4.80 Å². The number of carbonyl (C=O) groups excluding carboxylic acids is 1. The number of nitrogens with zero attached hydrogens (tertiary/aromatic N) is 7. The summed E-state index contributed by atoms with van der Waals surface area (Å²) in [6, 6.07) is 7.83. The Bertz CT molecular complexity index is 1060. The van der Waals surface area contributed by atoms with Gasteiger partial charge in [-0.1, -0.05) is 25.5 Å². The van der Waals surface area contributed by atoms with Gasteiger partial charge < -0.3 is 9.80 Å². The summed E-state index contributed by atoms with van der Waals surface area (Å²) < 4.78 is 0. The topological polar surface area (TPSA) is 80.0 Å². The fraction of sp³-hybridized carbons (Fsp3) is 0.458. The lowest BCUT2D eigenvalue weighted by Crippen LogP contribution is -2.34. The van der Waals surface area contributed by atoms with Gasteiger partial charge in [0.1, 0.15) is 0 Å². The molecule has 0 spiro atoms. The number of benzene rings is 1. The van der Waals surface area contributed by atoms with E-state index < -0.39 is 0 Å². The average Bonchev–Trinajstić information content (AvgIpc) is 3.50. The van der Waals surface area contributed by atoms with Gasteiger partial charge in [0.15, 0.2) is 0 Å². The van der Waals surface area contributed by atoms with Gasteiger partial charge in [-0.2, -0.15) is 15.0 Å². The molecule has 0 saturated carbocycles. The molecular formula is C24H31N7O. The maximum absolute atomic E-state index is 13.4. The Morgan fingerprint density at radius 2 is 1.47 bits per heavy atom. The first kappa shape index (κ1) is 21.9. The fourth-order valence-corrected chi connectivity index (χ4v) is 4.68. The summed E-state index contributed by atoms with van der Waals surface area (Å²) in [4.78, 5) is 28.4. The van der Waals surface area contributed by atoms with E-state index >= 15 is 0 Å². The van der Waals surface area contributed by atoms with Gasteiger partial charge in [-0.3, -0.25) is 4.79 Å². The van der Waals surface area contributed by atoms with E-state index in [0.717, 1.165) is 54.8 Å². The lowest BCUT2D eigenvalue weighted by molar-refractivity contribution is 0.0782. The summed E-state index contributed by atoms with van der Waals surface area (Å²) in [6.45, 7) is 13.3. The molecule has 0 aliphatic carbocycles. The molecule has 4 heterocycles. The van der Waals surface area contributed by atoms with Gasteiger partial charge in [-0.05, 0) is 39.0 Å². The molecular weight excluding hydrogens is 402 g/mol. The Labute approximate surface area is 189 Å². The first-order chi connectivity index (χ1) is 15.5. The van der Waals surface area contributed by atoms with E-state index in [1.807, 2.05) is 63.8 Å². The van der Waals surface area contributed by atoms with Gasteiger partial charge in [0, 0.05) is 49.4 Å². The molecule has 2 aliphatic rings. The molecule has 5 rings (SSSR count). The third-order valence-electron chi connectivity index (χ3n) is 6.04. The van der Waals surface area contributed by atoms with Crippen LogP contribution in [0.4, 0.5) is 5.95 Å². The van der Waals surface area contributed by atoms with Gasteiger partial charge >= 0.3 is 0 Å². The molecule has 0 bridgehead atoms. The second-order valence-corrected chi connectivity index (χ2v) is 8.43. The highest BCUT2D eigenvalue weighted by molar-refractivity contribution is 5.98. The van der Waals surface area contributed by atoms with Crippen molar-refractivity contribution >= 4 is 11.9 Å². The smallest absolute Gasteiger partial charge is 0.256 e. The van der Waals surface area contributed by atoms with Crippen molar-refractivity contribution in [3.05, 3.63) is 59.2 Å². The number of hydrogen-bond acceptors (Lipinski definition) is 6. The Morgan fingerprint density at radius 1 is 0.875 bits per heavy atom. The minimum atomic E-state index is 0.0506. The minimum absolute atomic E-state index is 0.0506. The van der Waals surface area contributed by atoms with E-state index in [4.69, 9.17) is 0 Å². The predicted octanol–water partition coefficient (Wildman–Crippen LogP) is 3.22. The Hall–Kier alpha value is -3.29. The van der Waals surface area contributed by atoms with Crippen LogP contribution in [0.25, 0.3) is 5.69 Å². The molecule has 2 aliphatic heterocycles. The van der Waals surface area contributed by atoms with E-state index in [-0.39, 0.29) is 5.91 Å². The number of amides is 1. The number of hydrogen-bond donors (Lipinski definition) is 0. The highest BCUT2D eigenvalue weighted by Gasteiger charge is 2.43. The van der Waals surface area contributed by atoms with Crippen LogP contribution in [0, 0.1) is 32.6 Å². The normalized spacial score (nSPS) is 19.5. The first-order valence-electron chi connectivity index (χ1n) is 11.3. The highest BCUT2D eigenvalue weighted by Crippen LogP contribution is 2.34. The first-order valence-corrected chi connectivity index (χ1v) is 11.3. The van der Waals surface area contributed by atoms with E-state index in [9.17, 15) is 4.79 Å². The van der Waals surface area contributed by atoms with Crippen LogP contribution in [0.3, 0.4) is 0 Å². The molecule has 3 aromatic rings. The summed E-state index contributed by atoms with van der Waals surface area (Å²) in [7, 11) is 0. The molecule has 0 N–H and O–H groups in total. The molecule has 2 fully saturated rings. The summed E-state index contributed by atoms with van der Waals surface area (Å²) in [5, 5.41) is 8.43. The van der Waals surface area contributed by atoms with Crippen LogP contribution < -0.4 is 4.90 Å². The molecule has 2 unspecified atom stereocenters. The lowest BCUT2D eigenvalue weighted by atomic mass is 10.0. The lowest BCUT2D eigenvalue weighted by Gasteiger charge is -2.23. The Balaban J connectivity index is 0.00000119. The summed E-state index contributed by atoms with van der Waals surface area (Å²) in [5.41, 5.74) is 4.40. The summed E-state index contributed by atoms with van der Waals surface area (Å²) in [6.07, 6.45) is 3.25. The number of aromatic nitrogens is 5. The van der Waals surface area contributed by atoms with Crippen molar-refractivity contribution in [3.63, 3.8) is 0 Å². The van der Waals surface area contributed by atoms with Crippen molar-refractivity contribution in [2.24, 2.45) is 11.8 Å². The largest absolute Gasteiger partial charge is 0.340 e. The third kappa shape index (κ3) is 4.22. The van der Waals surface area contributed by atoms with E-state index in [1.54, 1.807) is 12.4 Å². The zero-order chi connectivity index (χ0) is 22.8. The molecule has 1 amide bonds. The van der Waals surface area contributed by atoms with Crippen molar-refractivity contribution in [1.82, 2.24) is 29.9 Å².